The molecule has 1 heterocycles. The standard InChI is InChI=1S/C14H26N2O2/c1-14(2)10-16(8-9-18-14)13(17)11-6-4-3-5-7-12(11)15/h11-12H,3-10,15H2,1-2H3. The summed E-state index contributed by atoms with van der Waals surface area (Å²) in [5.41, 5.74) is 5.96. The van der Waals surface area contributed by atoms with E-state index in [0.29, 0.717) is 19.7 Å². The molecular formula is C14H26N2O2. The minimum Gasteiger partial charge on any atom is -0.372 e. The van der Waals surface area contributed by atoms with E-state index < -0.39 is 0 Å². The van der Waals surface area contributed by atoms with E-state index in [1.54, 1.807) is 0 Å². The van der Waals surface area contributed by atoms with Gasteiger partial charge in [-0.25, -0.2) is 0 Å². The first-order valence-electron chi connectivity index (χ1n) is 7.18. The third-order valence-corrected chi connectivity index (χ3v) is 4.12. The van der Waals surface area contributed by atoms with Gasteiger partial charge in [-0.15, -0.1) is 0 Å². The van der Waals surface area contributed by atoms with Crippen LogP contribution in [0, 0.1) is 5.92 Å². The number of ether oxygens (including phenoxy) is 1. The molecular weight excluding hydrogens is 228 g/mol. The van der Waals surface area contributed by atoms with Gasteiger partial charge in [-0.2, -0.15) is 0 Å². The molecule has 0 spiro atoms. The minimum absolute atomic E-state index is 0.0291. The van der Waals surface area contributed by atoms with Gasteiger partial charge in [0, 0.05) is 19.1 Å². The van der Waals surface area contributed by atoms with E-state index in [2.05, 4.69) is 0 Å². The van der Waals surface area contributed by atoms with Gasteiger partial charge in [-0.05, 0) is 26.7 Å². The fourth-order valence-corrected chi connectivity index (χ4v) is 3.08. The van der Waals surface area contributed by atoms with Gasteiger partial charge in [0.05, 0.1) is 18.1 Å². The molecule has 18 heavy (non-hydrogen) atoms. The van der Waals surface area contributed by atoms with Crippen molar-refractivity contribution < 1.29 is 9.53 Å². The van der Waals surface area contributed by atoms with Crippen LogP contribution in [0.1, 0.15) is 46.0 Å². The second-order valence-electron chi connectivity index (χ2n) is 6.28. The summed E-state index contributed by atoms with van der Waals surface area (Å²) in [5.74, 6) is 0.280. The van der Waals surface area contributed by atoms with Crippen molar-refractivity contribution in [2.75, 3.05) is 19.7 Å². The molecule has 1 saturated carbocycles. The van der Waals surface area contributed by atoms with E-state index in [4.69, 9.17) is 10.5 Å². The zero-order valence-electron chi connectivity index (χ0n) is 11.7. The van der Waals surface area contributed by atoms with Crippen LogP contribution in [-0.4, -0.2) is 42.1 Å². The average Bonchev–Trinajstić information content (AvgIpc) is 2.51. The Bertz CT molecular complexity index is 304. The van der Waals surface area contributed by atoms with Crippen LogP contribution in [0.15, 0.2) is 0 Å². The average molecular weight is 254 g/mol. The highest BCUT2D eigenvalue weighted by molar-refractivity contribution is 5.79. The molecule has 1 aliphatic carbocycles. The Kier molecular flexibility index (Phi) is 4.28. The van der Waals surface area contributed by atoms with Crippen molar-refractivity contribution >= 4 is 5.91 Å². The third kappa shape index (κ3) is 3.23. The van der Waals surface area contributed by atoms with Gasteiger partial charge in [0.25, 0.3) is 0 Å². The molecule has 2 rings (SSSR count). The van der Waals surface area contributed by atoms with E-state index in [1.165, 1.54) is 12.8 Å². The molecule has 2 aliphatic rings. The Morgan fingerprint density at radius 1 is 1.28 bits per heavy atom. The number of rotatable bonds is 1. The molecule has 0 aromatic carbocycles. The van der Waals surface area contributed by atoms with Gasteiger partial charge < -0.3 is 15.4 Å². The Morgan fingerprint density at radius 2 is 2.00 bits per heavy atom. The number of hydrogen-bond acceptors (Lipinski definition) is 3. The number of morpholine rings is 1. The highest BCUT2D eigenvalue weighted by Crippen LogP contribution is 2.26. The summed E-state index contributed by atoms with van der Waals surface area (Å²) in [7, 11) is 0. The molecule has 1 aliphatic heterocycles. The van der Waals surface area contributed by atoms with E-state index in [9.17, 15) is 4.79 Å². The SMILES string of the molecule is CC1(C)CN(C(=O)C2CCCCCC2N)CCO1. The van der Waals surface area contributed by atoms with Crippen LogP contribution >= 0.6 is 0 Å². The summed E-state index contributed by atoms with van der Waals surface area (Å²) in [6.07, 6.45) is 5.46. The van der Waals surface area contributed by atoms with Crippen molar-refractivity contribution in [1.82, 2.24) is 4.90 Å². The lowest BCUT2D eigenvalue weighted by atomic mass is 9.93. The Labute approximate surface area is 110 Å². The Hall–Kier alpha value is -0.610. The Balaban J connectivity index is 2.00. The largest absolute Gasteiger partial charge is 0.372 e. The van der Waals surface area contributed by atoms with Crippen LogP contribution in [0.25, 0.3) is 0 Å². The maximum absolute atomic E-state index is 12.6. The summed E-state index contributed by atoms with van der Waals surface area (Å²) < 4.78 is 5.66. The van der Waals surface area contributed by atoms with Gasteiger partial charge in [-0.3, -0.25) is 4.79 Å². The topological polar surface area (TPSA) is 55.6 Å². The van der Waals surface area contributed by atoms with Crippen LogP contribution in [0.3, 0.4) is 0 Å². The van der Waals surface area contributed by atoms with Crippen LogP contribution in [0.4, 0.5) is 0 Å². The summed E-state index contributed by atoms with van der Waals surface area (Å²) in [6, 6.07) is 0.0472. The predicted molar refractivity (Wildman–Crippen MR) is 71.2 cm³/mol. The van der Waals surface area contributed by atoms with E-state index in [1.807, 2.05) is 18.7 Å². The summed E-state index contributed by atoms with van der Waals surface area (Å²) in [5, 5.41) is 0. The number of nitrogens with zero attached hydrogens (tertiary/aromatic N) is 1. The number of amides is 1. The fraction of sp³-hybridized carbons (Fsp3) is 0.929. The monoisotopic (exact) mass is 254 g/mol. The molecule has 4 nitrogen and oxygen atoms in total. The molecule has 104 valence electrons. The van der Waals surface area contributed by atoms with Crippen molar-refractivity contribution in [3.05, 3.63) is 0 Å². The molecule has 2 atom stereocenters. The van der Waals surface area contributed by atoms with Crippen LogP contribution in [-0.2, 0) is 9.53 Å². The molecule has 0 radical (unpaired) electrons. The molecule has 2 unspecified atom stereocenters. The summed E-state index contributed by atoms with van der Waals surface area (Å²) in [4.78, 5) is 14.6. The van der Waals surface area contributed by atoms with E-state index in [0.717, 1.165) is 19.3 Å². The van der Waals surface area contributed by atoms with Gasteiger partial charge in [0.1, 0.15) is 0 Å². The first kappa shape index (κ1) is 13.8. The zero-order valence-corrected chi connectivity index (χ0v) is 11.7. The highest BCUT2D eigenvalue weighted by atomic mass is 16.5. The molecule has 0 aromatic heterocycles. The summed E-state index contributed by atoms with van der Waals surface area (Å²) in [6.45, 7) is 6.13. The molecule has 1 amide bonds. The van der Waals surface area contributed by atoms with Gasteiger partial charge >= 0.3 is 0 Å². The highest BCUT2D eigenvalue weighted by Gasteiger charge is 2.35. The molecule has 0 aromatic rings. The van der Waals surface area contributed by atoms with Gasteiger partial charge in [0.2, 0.25) is 5.91 Å². The summed E-state index contributed by atoms with van der Waals surface area (Å²) >= 11 is 0. The number of nitrogens with two attached hydrogens (primary N) is 1. The number of carbonyl (C=O) groups excluding carboxylic acids is 1. The predicted octanol–water partition coefficient (Wildman–Crippen LogP) is 1.53. The maximum atomic E-state index is 12.6. The second kappa shape index (κ2) is 5.57. The lowest BCUT2D eigenvalue weighted by Crippen LogP contribution is -2.54. The van der Waals surface area contributed by atoms with E-state index in [-0.39, 0.29) is 23.5 Å². The second-order valence-corrected chi connectivity index (χ2v) is 6.28. The van der Waals surface area contributed by atoms with Crippen molar-refractivity contribution in [2.24, 2.45) is 11.7 Å². The minimum atomic E-state index is -0.220. The fourth-order valence-electron chi connectivity index (χ4n) is 3.08. The quantitative estimate of drug-likeness (QED) is 0.722. The van der Waals surface area contributed by atoms with Crippen LogP contribution < -0.4 is 5.73 Å². The first-order chi connectivity index (χ1) is 8.49. The van der Waals surface area contributed by atoms with Crippen molar-refractivity contribution in [3.63, 3.8) is 0 Å². The third-order valence-electron chi connectivity index (χ3n) is 4.12. The lowest BCUT2D eigenvalue weighted by molar-refractivity contribution is -0.150. The zero-order chi connectivity index (χ0) is 13.2. The van der Waals surface area contributed by atoms with Crippen LogP contribution in [0.5, 0.6) is 0 Å². The normalized spacial score (nSPS) is 32.9. The van der Waals surface area contributed by atoms with Crippen molar-refractivity contribution in [2.45, 2.75) is 57.6 Å². The molecule has 2 N–H and O–H groups in total. The van der Waals surface area contributed by atoms with Crippen LogP contribution in [0.2, 0.25) is 0 Å². The first-order valence-corrected chi connectivity index (χ1v) is 7.18. The van der Waals surface area contributed by atoms with E-state index >= 15 is 0 Å². The molecule has 2 fully saturated rings. The molecule has 1 saturated heterocycles. The van der Waals surface area contributed by atoms with Gasteiger partial charge in [0.15, 0.2) is 0 Å². The molecule has 4 heteroatoms. The number of hydrogen-bond donors (Lipinski definition) is 1. The number of carbonyl (C=O) groups is 1. The van der Waals surface area contributed by atoms with Crippen molar-refractivity contribution in [1.29, 1.82) is 0 Å². The lowest BCUT2D eigenvalue weighted by Gasteiger charge is -2.40. The smallest absolute Gasteiger partial charge is 0.227 e. The maximum Gasteiger partial charge on any atom is 0.227 e. The Morgan fingerprint density at radius 3 is 2.72 bits per heavy atom. The van der Waals surface area contributed by atoms with Crippen molar-refractivity contribution in [3.8, 4) is 0 Å². The molecule has 0 bridgehead atoms. The van der Waals surface area contributed by atoms with Gasteiger partial charge in [-0.1, -0.05) is 19.3 Å².